The predicted molar refractivity (Wildman–Crippen MR) is 68.4 cm³/mol. The first-order valence-corrected chi connectivity index (χ1v) is 5.96. The molecule has 7 nitrogen and oxygen atoms in total. The SMILES string of the molecule is O[C@H](CNc1ccc2nnnn2n1)c1ccccc1F. The van der Waals surface area contributed by atoms with Crippen molar-refractivity contribution >= 4 is 11.5 Å². The molecule has 3 aromatic rings. The van der Waals surface area contributed by atoms with Crippen molar-refractivity contribution in [3.63, 3.8) is 0 Å². The van der Waals surface area contributed by atoms with Crippen molar-refractivity contribution in [1.29, 1.82) is 0 Å². The van der Waals surface area contributed by atoms with E-state index >= 15 is 0 Å². The van der Waals surface area contributed by atoms with Crippen LogP contribution in [0, 0.1) is 5.82 Å². The molecule has 2 heterocycles. The molecule has 0 fully saturated rings. The molecule has 0 radical (unpaired) electrons. The summed E-state index contributed by atoms with van der Waals surface area (Å²) >= 11 is 0. The number of aliphatic hydroxyl groups is 1. The summed E-state index contributed by atoms with van der Waals surface area (Å²) in [4.78, 5) is 0. The van der Waals surface area contributed by atoms with E-state index in [0.29, 0.717) is 11.5 Å². The standard InChI is InChI=1S/C12H11FN6O/c13-9-4-2-1-3-8(9)10(20)7-14-11-5-6-12-15-17-18-19(12)16-11/h1-6,10,20H,7H2,(H,14,16)/t10-/m1/s1. The Morgan fingerprint density at radius 1 is 1.25 bits per heavy atom. The third kappa shape index (κ3) is 2.41. The van der Waals surface area contributed by atoms with E-state index in [2.05, 4.69) is 25.9 Å². The largest absolute Gasteiger partial charge is 0.386 e. The number of aliphatic hydroxyl groups excluding tert-OH is 1. The average Bonchev–Trinajstić information content (AvgIpc) is 2.92. The van der Waals surface area contributed by atoms with Gasteiger partial charge in [0, 0.05) is 12.1 Å². The number of fused-ring (bicyclic) bond motifs is 1. The van der Waals surface area contributed by atoms with Crippen molar-refractivity contribution in [1.82, 2.24) is 25.3 Å². The van der Waals surface area contributed by atoms with Crippen LogP contribution in [-0.2, 0) is 0 Å². The van der Waals surface area contributed by atoms with Gasteiger partial charge in [0.05, 0.1) is 6.10 Å². The summed E-state index contributed by atoms with van der Waals surface area (Å²) in [7, 11) is 0. The zero-order valence-corrected chi connectivity index (χ0v) is 10.3. The molecule has 3 rings (SSSR count). The minimum absolute atomic E-state index is 0.127. The summed E-state index contributed by atoms with van der Waals surface area (Å²) in [5, 5.41) is 27.8. The molecule has 1 aromatic carbocycles. The van der Waals surface area contributed by atoms with Crippen LogP contribution in [0.3, 0.4) is 0 Å². The Bertz CT molecular complexity index is 731. The lowest BCUT2D eigenvalue weighted by Gasteiger charge is -2.13. The first-order chi connectivity index (χ1) is 9.74. The first kappa shape index (κ1) is 12.4. The van der Waals surface area contributed by atoms with Crippen LogP contribution >= 0.6 is 0 Å². The molecular formula is C12H11FN6O. The molecular weight excluding hydrogens is 263 g/mol. The van der Waals surface area contributed by atoms with Crippen LogP contribution in [0.15, 0.2) is 36.4 Å². The molecule has 0 unspecified atom stereocenters. The number of halogens is 1. The number of hydrogen-bond acceptors (Lipinski definition) is 6. The number of rotatable bonds is 4. The van der Waals surface area contributed by atoms with Gasteiger partial charge in [0.1, 0.15) is 11.6 Å². The highest BCUT2D eigenvalue weighted by Crippen LogP contribution is 2.17. The van der Waals surface area contributed by atoms with Crippen molar-refractivity contribution in [3.8, 4) is 0 Å². The fraction of sp³-hybridized carbons (Fsp3) is 0.167. The number of anilines is 1. The van der Waals surface area contributed by atoms with Crippen LogP contribution in [0.25, 0.3) is 5.65 Å². The number of hydrogen-bond donors (Lipinski definition) is 2. The number of aromatic nitrogens is 5. The Morgan fingerprint density at radius 2 is 2.10 bits per heavy atom. The quantitative estimate of drug-likeness (QED) is 0.731. The van der Waals surface area contributed by atoms with Crippen LogP contribution in [0.1, 0.15) is 11.7 Å². The third-order valence-corrected chi connectivity index (χ3v) is 2.81. The molecule has 0 saturated heterocycles. The number of benzene rings is 1. The Kier molecular flexibility index (Phi) is 3.21. The summed E-state index contributed by atoms with van der Waals surface area (Å²) < 4.78 is 14.8. The fourth-order valence-electron chi connectivity index (χ4n) is 1.80. The van der Waals surface area contributed by atoms with Crippen LogP contribution in [-0.4, -0.2) is 36.9 Å². The zero-order chi connectivity index (χ0) is 13.9. The smallest absolute Gasteiger partial charge is 0.200 e. The molecule has 2 N–H and O–H groups in total. The highest BCUT2D eigenvalue weighted by atomic mass is 19.1. The van der Waals surface area contributed by atoms with Gasteiger partial charge in [0.25, 0.3) is 0 Å². The van der Waals surface area contributed by atoms with Gasteiger partial charge in [-0.15, -0.1) is 14.8 Å². The Labute approximate surface area is 113 Å². The summed E-state index contributed by atoms with van der Waals surface area (Å²) in [6, 6.07) is 9.47. The number of nitrogens with zero attached hydrogens (tertiary/aromatic N) is 5. The van der Waals surface area contributed by atoms with Gasteiger partial charge in [-0.1, -0.05) is 18.2 Å². The van der Waals surface area contributed by atoms with E-state index in [1.54, 1.807) is 30.3 Å². The number of nitrogens with one attached hydrogen (secondary N) is 1. The average molecular weight is 274 g/mol. The van der Waals surface area contributed by atoms with Crippen molar-refractivity contribution in [2.75, 3.05) is 11.9 Å². The molecule has 1 atom stereocenters. The Morgan fingerprint density at radius 3 is 2.95 bits per heavy atom. The fourth-order valence-corrected chi connectivity index (χ4v) is 1.80. The minimum Gasteiger partial charge on any atom is -0.386 e. The molecule has 102 valence electrons. The topological polar surface area (TPSA) is 88.2 Å². The van der Waals surface area contributed by atoms with Crippen molar-refractivity contribution in [2.24, 2.45) is 0 Å². The molecule has 0 spiro atoms. The normalized spacial score (nSPS) is 12.5. The van der Waals surface area contributed by atoms with Gasteiger partial charge in [0.2, 0.25) is 0 Å². The van der Waals surface area contributed by atoms with E-state index in [1.807, 2.05) is 0 Å². The van der Waals surface area contributed by atoms with Gasteiger partial charge >= 0.3 is 0 Å². The molecule has 0 amide bonds. The van der Waals surface area contributed by atoms with Crippen LogP contribution in [0.4, 0.5) is 10.2 Å². The van der Waals surface area contributed by atoms with Gasteiger partial charge in [0.15, 0.2) is 5.65 Å². The molecule has 8 heteroatoms. The minimum atomic E-state index is -0.970. The second kappa shape index (κ2) is 5.17. The lowest BCUT2D eigenvalue weighted by molar-refractivity contribution is 0.186. The molecule has 20 heavy (non-hydrogen) atoms. The summed E-state index contributed by atoms with van der Waals surface area (Å²) in [5.41, 5.74) is 0.758. The van der Waals surface area contributed by atoms with Crippen LogP contribution in [0.5, 0.6) is 0 Å². The molecule has 2 aromatic heterocycles. The van der Waals surface area contributed by atoms with Crippen molar-refractivity contribution < 1.29 is 9.50 Å². The monoisotopic (exact) mass is 274 g/mol. The highest BCUT2D eigenvalue weighted by Gasteiger charge is 2.12. The zero-order valence-electron chi connectivity index (χ0n) is 10.3. The van der Waals surface area contributed by atoms with E-state index < -0.39 is 11.9 Å². The lowest BCUT2D eigenvalue weighted by Crippen LogP contribution is -2.15. The van der Waals surface area contributed by atoms with Gasteiger partial charge < -0.3 is 10.4 Å². The van der Waals surface area contributed by atoms with E-state index in [9.17, 15) is 9.50 Å². The van der Waals surface area contributed by atoms with E-state index in [1.165, 1.54) is 10.7 Å². The van der Waals surface area contributed by atoms with Gasteiger partial charge in [-0.2, -0.15) is 0 Å². The highest BCUT2D eigenvalue weighted by molar-refractivity contribution is 5.42. The van der Waals surface area contributed by atoms with E-state index in [4.69, 9.17) is 0 Å². The van der Waals surface area contributed by atoms with Crippen LogP contribution in [0.2, 0.25) is 0 Å². The van der Waals surface area contributed by atoms with E-state index in [0.717, 1.165) is 0 Å². The maximum atomic E-state index is 13.5. The molecule has 0 bridgehead atoms. The summed E-state index contributed by atoms with van der Waals surface area (Å²) in [6.45, 7) is 0.127. The van der Waals surface area contributed by atoms with Crippen LogP contribution < -0.4 is 5.32 Å². The molecule has 0 saturated carbocycles. The maximum Gasteiger partial charge on any atom is 0.200 e. The number of tetrazole rings is 1. The second-order valence-corrected chi connectivity index (χ2v) is 4.16. The summed E-state index contributed by atoms with van der Waals surface area (Å²) in [6.07, 6.45) is -0.970. The maximum absolute atomic E-state index is 13.5. The van der Waals surface area contributed by atoms with Crippen molar-refractivity contribution in [3.05, 3.63) is 47.8 Å². The van der Waals surface area contributed by atoms with Crippen molar-refractivity contribution in [2.45, 2.75) is 6.10 Å². The third-order valence-electron chi connectivity index (χ3n) is 2.81. The van der Waals surface area contributed by atoms with Gasteiger partial charge in [-0.05, 0) is 28.6 Å². The Balaban J connectivity index is 1.71. The summed E-state index contributed by atoms with van der Waals surface area (Å²) in [5.74, 6) is 0.0471. The molecule has 0 aliphatic carbocycles. The second-order valence-electron chi connectivity index (χ2n) is 4.16. The van der Waals surface area contributed by atoms with E-state index in [-0.39, 0.29) is 12.1 Å². The predicted octanol–water partition coefficient (Wildman–Crippen LogP) is 0.804. The lowest BCUT2D eigenvalue weighted by atomic mass is 10.1. The molecule has 0 aliphatic heterocycles. The van der Waals surface area contributed by atoms with Gasteiger partial charge in [-0.25, -0.2) is 4.39 Å². The van der Waals surface area contributed by atoms with Gasteiger partial charge in [-0.3, -0.25) is 0 Å². The molecule has 0 aliphatic rings. The Hall–Kier alpha value is -2.61. The first-order valence-electron chi connectivity index (χ1n) is 5.96.